The molecule has 30 heavy (non-hydrogen) atoms. The highest BCUT2D eigenvalue weighted by Gasteiger charge is 2.35. The zero-order chi connectivity index (χ0) is 21.3. The molecule has 1 aromatic carbocycles. The highest BCUT2D eigenvalue weighted by atomic mass is 16.2. The van der Waals surface area contributed by atoms with Gasteiger partial charge >= 0.3 is 6.03 Å². The molecule has 8 heteroatoms. The number of carbonyl (C=O) groups excluding carboxylic acids is 3. The van der Waals surface area contributed by atoms with E-state index >= 15 is 0 Å². The molecule has 1 aliphatic heterocycles. The van der Waals surface area contributed by atoms with Crippen LogP contribution in [0.25, 0.3) is 10.9 Å². The molecule has 0 bridgehead atoms. The highest BCUT2D eigenvalue weighted by Crippen LogP contribution is 2.32. The smallest absolute Gasteiger partial charge is 0.319 e. The minimum absolute atomic E-state index is 0.0268. The number of hydrogen-bond donors (Lipinski definition) is 2. The number of hydrogen-bond acceptors (Lipinski definition) is 3. The first-order valence-corrected chi connectivity index (χ1v) is 10.6. The van der Waals surface area contributed by atoms with Gasteiger partial charge in [0.2, 0.25) is 11.8 Å². The van der Waals surface area contributed by atoms with Gasteiger partial charge in [-0.25, -0.2) is 4.79 Å². The molecule has 1 saturated carbocycles. The molecular formula is C22H29N5O3. The summed E-state index contributed by atoms with van der Waals surface area (Å²) in [5.41, 5.74) is 1.65. The Bertz CT molecular complexity index is 955. The number of fused-ring (bicyclic) bond motifs is 1. The van der Waals surface area contributed by atoms with Crippen LogP contribution >= 0.6 is 0 Å². The summed E-state index contributed by atoms with van der Waals surface area (Å²) in [7, 11) is 3.48. The third kappa shape index (κ3) is 4.58. The van der Waals surface area contributed by atoms with Crippen LogP contribution in [-0.2, 0) is 16.1 Å². The maximum absolute atomic E-state index is 12.4. The highest BCUT2D eigenvalue weighted by molar-refractivity contribution is 5.93. The van der Waals surface area contributed by atoms with Gasteiger partial charge in [0.05, 0.1) is 0 Å². The molecule has 1 aliphatic carbocycles. The average Bonchev–Trinajstić information content (AvgIpc) is 3.50. The van der Waals surface area contributed by atoms with Gasteiger partial charge in [0.1, 0.15) is 6.54 Å². The topological polar surface area (TPSA) is 86.7 Å². The Morgan fingerprint density at radius 2 is 1.80 bits per heavy atom. The molecule has 0 spiro atoms. The minimum atomic E-state index is -0.233. The predicted molar refractivity (Wildman–Crippen MR) is 115 cm³/mol. The van der Waals surface area contributed by atoms with E-state index < -0.39 is 0 Å². The first kappa shape index (κ1) is 20.3. The molecule has 4 rings (SSSR count). The molecular weight excluding hydrogens is 382 g/mol. The number of carbonyl (C=O) groups is 3. The number of likely N-dealkylation sites (N-methyl/N-ethyl adjacent to an activating group) is 1. The fourth-order valence-electron chi connectivity index (χ4n) is 3.89. The van der Waals surface area contributed by atoms with Crippen molar-refractivity contribution >= 4 is 34.4 Å². The lowest BCUT2D eigenvalue weighted by molar-refractivity contribution is -0.133. The lowest BCUT2D eigenvalue weighted by Gasteiger charge is -2.32. The maximum atomic E-state index is 12.4. The summed E-state index contributed by atoms with van der Waals surface area (Å²) >= 11 is 0. The van der Waals surface area contributed by atoms with E-state index in [1.54, 1.807) is 19.0 Å². The van der Waals surface area contributed by atoms with Crippen LogP contribution in [0.1, 0.15) is 25.7 Å². The Labute approximate surface area is 176 Å². The van der Waals surface area contributed by atoms with E-state index in [1.807, 2.05) is 39.9 Å². The van der Waals surface area contributed by atoms with Gasteiger partial charge in [-0.1, -0.05) is 0 Å². The first-order chi connectivity index (χ1) is 14.4. The van der Waals surface area contributed by atoms with Crippen LogP contribution in [-0.4, -0.2) is 65.4 Å². The lowest BCUT2D eigenvalue weighted by atomic mass is 10.0. The van der Waals surface area contributed by atoms with Gasteiger partial charge in [0.15, 0.2) is 0 Å². The van der Waals surface area contributed by atoms with Crippen LogP contribution in [0.5, 0.6) is 0 Å². The minimum Gasteiger partial charge on any atom is -0.347 e. The van der Waals surface area contributed by atoms with E-state index in [-0.39, 0.29) is 36.3 Å². The molecule has 0 atom stereocenters. The van der Waals surface area contributed by atoms with Crippen molar-refractivity contribution in [2.45, 2.75) is 38.3 Å². The Morgan fingerprint density at radius 1 is 1.07 bits per heavy atom. The van der Waals surface area contributed by atoms with Crippen LogP contribution in [0.2, 0.25) is 0 Å². The van der Waals surface area contributed by atoms with Crippen molar-refractivity contribution in [2.24, 2.45) is 5.92 Å². The van der Waals surface area contributed by atoms with Gasteiger partial charge in [-0.2, -0.15) is 0 Å². The summed E-state index contributed by atoms with van der Waals surface area (Å²) in [5, 5.41) is 6.88. The van der Waals surface area contributed by atoms with Gasteiger partial charge < -0.3 is 25.0 Å². The fraction of sp³-hybridized carbons (Fsp3) is 0.500. The molecule has 1 aromatic heterocycles. The Kier molecular flexibility index (Phi) is 5.65. The second-order valence-corrected chi connectivity index (χ2v) is 8.48. The summed E-state index contributed by atoms with van der Waals surface area (Å²) in [6, 6.07) is 7.44. The Balaban J connectivity index is 1.30. The summed E-state index contributed by atoms with van der Waals surface area (Å²) in [5.74, 6) is 0.563. The van der Waals surface area contributed by atoms with Crippen molar-refractivity contribution in [2.75, 3.05) is 32.5 Å². The third-order valence-corrected chi connectivity index (χ3v) is 5.90. The molecule has 0 radical (unpaired) electrons. The molecule has 4 amide bonds. The molecule has 160 valence electrons. The normalized spacial score (nSPS) is 17.1. The van der Waals surface area contributed by atoms with E-state index in [1.165, 1.54) is 0 Å². The van der Waals surface area contributed by atoms with Crippen molar-refractivity contribution in [3.63, 3.8) is 0 Å². The number of urea groups is 1. The van der Waals surface area contributed by atoms with Crippen molar-refractivity contribution in [3.05, 3.63) is 30.5 Å². The Morgan fingerprint density at radius 3 is 2.47 bits per heavy atom. The molecule has 1 saturated heterocycles. The fourth-order valence-corrected chi connectivity index (χ4v) is 3.89. The standard InChI is InChI=1S/C22H29N5O3/c1-25(2)20(28)14-27-10-7-16-13-18(5-6-19(16)27)24-22(30)23-17-8-11-26(12-9-17)21(29)15-3-4-15/h5-7,10,13,15,17H,3-4,8-9,11-12,14H2,1-2H3,(H2,23,24,30). The average molecular weight is 412 g/mol. The molecule has 8 nitrogen and oxygen atoms in total. The number of aromatic nitrogens is 1. The molecule has 2 heterocycles. The van der Waals surface area contributed by atoms with E-state index in [0.29, 0.717) is 18.8 Å². The molecule has 2 fully saturated rings. The summed E-state index contributed by atoms with van der Waals surface area (Å²) in [6.45, 7) is 1.71. The third-order valence-electron chi connectivity index (χ3n) is 5.90. The van der Waals surface area contributed by atoms with Gasteiger partial charge in [-0.15, -0.1) is 0 Å². The van der Waals surface area contributed by atoms with Gasteiger partial charge in [-0.05, 0) is 49.9 Å². The zero-order valence-corrected chi connectivity index (χ0v) is 17.6. The molecule has 2 aliphatic rings. The monoisotopic (exact) mass is 411 g/mol. The van der Waals surface area contributed by atoms with Crippen LogP contribution in [0.15, 0.2) is 30.5 Å². The number of rotatable bonds is 5. The SMILES string of the molecule is CN(C)C(=O)Cn1ccc2cc(NC(=O)NC3CCN(C(=O)C4CC4)CC3)ccc21. The van der Waals surface area contributed by atoms with Crippen LogP contribution in [0.3, 0.4) is 0 Å². The first-order valence-electron chi connectivity index (χ1n) is 10.6. The molecule has 2 N–H and O–H groups in total. The van der Waals surface area contributed by atoms with Crippen LogP contribution in [0.4, 0.5) is 10.5 Å². The van der Waals surface area contributed by atoms with E-state index in [9.17, 15) is 14.4 Å². The predicted octanol–water partition coefficient (Wildman–Crippen LogP) is 2.25. The second kappa shape index (κ2) is 8.38. The van der Waals surface area contributed by atoms with Crippen molar-refractivity contribution in [3.8, 4) is 0 Å². The van der Waals surface area contributed by atoms with Crippen molar-refractivity contribution < 1.29 is 14.4 Å². The van der Waals surface area contributed by atoms with Gasteiger partial charge in [-0.3, -0.25) is 9.59 Å². The largest absolute Gasteiger partial charge is 0.347 e. The zero-order valence-electron chi connectivity index (χ0n) is 17.6. The van der Waals surface area contributed by atoms with Crippen molar-refractivity contribution in [1.29, 1.82) is 0 Å². The number of likely N-dealkylation sites (tertiary alicyclic amines) is 1. The molecule has 2 aromatic rings. The number of benzene rings is 1. The second-order valence-electron chi connectivity index (χ2n) is 8.48. The van der Waals surface area contributed by atoms with Crippen LogP contribution < -0.4 is 10.6 Å². The summed E-state index contributed by atoms with van der Waals surface area (Å²) in [6.07, 6.45) is 5.51. The summed E-state index contributed by atoms with van der Waals surface area (Å²) < 4.78 is 1.90. The summed E-state index contributed by atoms with van der Waals surface area (Å²) in [4.78, 5) is 40.0. The maximum Gasteiger partial charge on any atom is 0.319 e. The number of nitrogens with zero attached hydrogens (tertiary/aromatic N) is 3. The molecule has 0 unspecified atom stereocenters. The number of piperidine rings is 1. The van der Waals surface area contributed by atoms with Gasteiger partial charge in [0.25, 0.3) is 0 Å². The quantitative estimate of drug-likeness (QED) is 0.791. The van der Waals surface area contributed by atoms with E-state index in [2.05, 4.69) is 10.6 Å². The van der Waals surface area contributed by atoms with Gasteiger partial charge in [0, 0.05) is 61.9 Å². The lowest BCUT2D eigenvalue weighted by Crippen LogP contribution is -2.47. The van der Waals surface area contributed by atoms with Crippen LogP contribution in [0, 0.1) is 5.92 Å². The van der Waals surface area contributed by atoms with E-state index in [4.69, 9.17) is 0 Å². The number of amides is 4. The Hall–Kier alpha value is -3.03. The number of nitrogens with one attached hydrogen (secondary N) is 2. The number of anilines is 1. The van der Waals surface area contributed by atoms with Crippen molar-refractivity contribution in [1.82, 2.24) is 19.7 Å². The van der Waals surface area contributed by atoms with E-state index in [0.717, 1.165) is 36.6 Å².